The van der Waals surface area contributed by atoms with Crippen molar-refractivity contribution in [2.45, 2.75) is 6.92 Å². The Morgan fingerprint density at radius 3 is 2.67 bits per heavy atom. The molecule has 0 aliphatic rings. The minimum Gasteiger partial charge on any atom is -0.283 e. The van der Waals surface area contributed by atoms with E-state index in [4.69, 9.17) is 28.5 Å². The number of benzene rings is 1. The van der Waals surface area contributed by atoms with Crippen LogP contribution in [0.5, 0.6) is 0 Å². The van der Waals surface area contributed by atoms with Gasteiger partial charge >= 0.3 is 0 Å². The molecule has 1 atom stereocenters. The molecule has 4 nitrogen and oxygen atoms in total. The summed E-state index contributed by atoms with van der Waals surface area (Å²) in [4.78, 5) is 0. The van der Waals surface area contributed by atoms with E-state index in [9.17, 15) is 8.42 Å². The van der Waals surface area contributed by atoms with E-state index in [0.29, 0.717) is 11.3 Å². The minimum atomic E-state index is -3.46. The molecule has 0 fully saturated rings. The number of nitrogens with zero attached hydrogens (tertiary/aromatic N) is 1. The van der Waals surface area contributed by atoms with Crippen molar-refractivity contribution in [3.63, 3.8) is 0 Å². The number of sulfonamides is 1. The van der Waals surface area contributed by atoms with Crippen LogP contribution in [0.4, 0.5) is 5.69 Å². The van der Waals surface area contributed by atoms with Crippen LogP contribution >= 0.6 is 23.2 Å². The van der Waals surface area contributed by atoms with Gasteiger partial charge in [-0.1, -0.05) is 18.5 Å². The summed E-state index contributed by atoms with van der Waals surface area (Å²) in [5.74, 6) is 0.0707. The van der Waals surface area contributed by atoms with Crippen LogP contribution in [-0.4, -0.2) is 20.1 Å². The first-order chi connectivity index (χ1) is 8.38. The van der Waals surface area contributed by atoms with Gasteiger partial charge in [-0.05, 0) is 24.1 Å². The van der Waals surface area contributed by atoms with Gasteiger partial charge in [-0.15, -0.1) is 11.6 Å². The Labute approximate surface area is 117 Å². The summed E-state index contributed by atoms with van der Waals surface area (Å²) < 4.78 is 25.9. The summed E-state index contributed by atoms with van der Waals surface area (Å²) in [6.45, 7) is 1.75. The van der Waals surface area contributed by atoms with Crippen molar-refractivity contribution < 1.29 is 8.42 Å². The quantitative estimate of drug-likeness (QED) is 0.850. The Bertz CT molecular complexity index is 567. The van der Waals surface area contributed by atoms with Crippen LogP contribution in [0, 0.1) is 17.2 Å². The average molecular weight is 307 g/mol. The maximum Gasteiger partial charge on any atom is 0.233 e. The molecule has 0 heterocycles. The second kappa shape index (κ2) is 6.28. The number of hydrogen-bond acceptors (Lipinski definition) is 3. The van der Waals surface area contributed by atoms with Crippen LogP contribution in [-0.2, 0) is 10.0 Å². The molecule has 1 rings (SSSR count). The van der Waals surface area contributed by atoms with Gasteiger partial charge < -0.3 is 0 Å². The molecule has 1 aromatic carbocycles. The van der Waals surface area contributed by atoms with Gasteiger partial charge in [-0.3, -0.25) is 4.72 Å². The highest BCUT2D eigenvalue weighted by Crippen LogP contribution is 2.21. The number of nitriles is 1. The SMILES string of the molecule is CC(CCl)CS(=O)(=O)Nc1ccc(C#N)c(Cl)c1. The van der Waals surface area contributed by atoms with Gasteiger partial charge in [0.1, 0.15) is 6.07 Å². The first-order valence-corrected chi connectivity index (χ1v) is 7.70. The largest absolute Gasteiger partial charge is 0.283 e. The average Bonchev–Trinajstić information content (AvgIpc) is 2.27. The molecule has 1 N–H and O–H groups in total. The summed E-state index contributed by atoms with van der Waals surface area (Å²) in [6, 6.07) is 6.26. The summed E-state index contributed by atoms with van der Waals surface area (Å²) in [7, 11) is -3.46. The lowest BCUT2D eigenvalue weighted by molar-refractivity contribution is 0.588. The molecular weight excluding hydrogens is 295 g/mol. The second-order valence-electron chi connectivity index (χ2n) is 3.95. The van der Waals surface area contributed by atoms with Crippen LogP contribution in [0.2, 0.25) is 5.02 Å². The van der Waals surface area contributed by atoms with Crippen LogP contribution in [0.3, 0.4) is 0 Å². The third-order valence-corrected chi connectivity index (χ3v) is 4.52. The van der Waals surface area contributed by atoms with E-state index in [0.717, 1.165) is 0 Å². The van der Waals surface area contributed by atoms with E-state index < -0.39 is 10.0 Å². The molecule has 0 aliphatic carbocycles. The molecule has 0 bridgehead atoms. The van der Waals surface area contributed by atoms with Crippen molar-refractivity contribution in [1.82, 2.24) is 0 Å². The summed E-state index contributed by atoms with van der Waals surface area (Å²) >= 11 is 11.4. The number of anilines is 1. The van der Waals surface area contributed by atoms with Crippen molar-refractivity contribution in [3.05, 3.63) is 28.8 Å². The Balaban J connectivity index is 2.85. The Morgan fingerprint density at radius 1 is 1.50 bits per heavy atom. The van der Waals surface area contributed by atoms with Crippen molar-refractivity contribution in [2.24, 2.45) is 5.92 Å². The fraction of sp³-hybridized carbons (Fsp3) is 0.364. The van der Waals surface area contributed by atoms with E-state index in [1.54, 1.807) is 6.92 Å². The number of halogens is 2. The maximum atomic E-state index is 11.8. The molecule has 1 unspecified atom stereocenters. The van der Waals surface area contributed by atoms with Gasteiger partial charge in [0.2, 0.25) is 10.0 Å². The molecule has 18 heavy (non-hydrogen) atoms. The van der Waals surface area contributed by atoms with E-state index in [1.807, 2.05) is 6.07 Å². The summed E-state index contributed by atoms with van der Waals surface area (Å²) in [5.41, 5.74) is 0.634. The number of alkyl halides is 1. The van der Waals surface area contributed by atoms with Crippen LogP contribution < -0.4 is 4.72 Å². The molecule has 0 aliphatic heterocycles. The molecule has 0 amide bonds. The van der Waals surface area contributed by atoms with Crippen molar-refractivity contribution in [1.29, 1.82) is 5.26 Å². The Hall–Kier alpha value is -0.960. The zero-order chi connectivity index (χ0) is 13.8. The van der Waals surface area contributed by atoms with E-state index in [-0.39, 0.29) is 22.6 Å². The fourth-order valence-corrected chi connectivity index (χ4v) is 3.21. The van der Waals surface area contributed by atoms with Crippen LogP contribution in [0.1, 0.15) is 12.5 Å². The lowest BCUT2D eigenvalue weighted by atomic mass is 10.2. The Morgan fingerprint density at radius 2 is 2.17 bits per heavy atom. The molecule has 1 aromatic rings. The highest BCUT2D eigenvalue weighted by molar-refractivity contribution is 7.92. The minimum absolute atomic E-state index is 0.0614. The topological polar surface area (TPSA) is 70.0 Å². The number of rotatable bonds is 5. The van der Waals surface area contributed by atoms with Crippen molar-refractivity contribution >= 4 is 38.9 Å². The van der Waals surface area contributed by atoms with Crippen molar-refractivity contribution in [2.75, 3.05) is 16.4 Å². The normalized spacial score (nSPS) is 12.8. The zero-order valence-corrected chi connectivity index (χ0v) is 12.0. The monoisotopic (exact) mass is 306 g/mol. The fourth-order valence-electron chi connectivity index (χ4n) is 1.31. The molecule has 0 saturated carbocycles. The predicted molar refractivity (Wildman–Crippen MR) is 73.5 cm³/mol. The van der Waals surface area contributed by atoms with Gasteiger partial charge in [0.15, 0.2) is 0 Å². The van der Waals surface area contributed by atoms with E-state index in [2.05, 4.69) is 4.72 Å². The highest BCUT2D eigenvalue weighted by Gasteiger charge is 2.15. The van der Waals surface area contributed by atoms with Gasteiger partial charge in [0.25, 0.3) is 0 Å². The summed E-state index contributed by atoms with van der Waals surface area (Å²) in [6.07, 6.45) is 0. The van der Waals surface area contributed by atoms with Gasteiger partial charge in [0.05, 0.1) is 22.0 Å². The maximum absolute atomic E-state index is 11.8. The van der Waals surface area contributed by atoms with E-state index in [1.165, 1.54) is 18.2 Å². The molecule has 0 radical (unpaired) electrons. The number of nitrogens with one attached hydrogen (secondary N) is 1. The van der Waals surface area contributed by atoms with Crippen molar-refractivity contribution in [3.8, 4) is 6.07 Å². The van der Waals surface area contributed by atoms with Crippen LogP contribution in [0.15, 0.2) is 18.2 Å². The molecule has 0 spiro atoms. The zero-order valence-electron chi connectivity index (χ0n) is 9.65. The first kappa shape index (κ1) is 15.1. The third kappa shape index (κ3) is 4.37. The third-order valence-electron chi connectivity index (χ3n) is 2.13. The van der Waals surface area contributed by atoms with Gasteiger partial charge in [-0.25, -0.2) is 8.42 Å². The smallest absolute Gasteiger partial charge is 0.233 e. The first-order valence-electron chi connectivity index (χ1n) is 5.14. The molecule has 0 saturated heterocycles. The molecule has 7 heteroatoms. The van der Waals surface area contributed by atoms with Gasteiger partial charge in [0, 0.05) is 5.88 Å². The predicted octanol–water partition coefficient (Wildman–Crippen LogP) is 2.83. The highest BCUT2D eigenvalue weighted by atomic mass is 35.5. The molecule has 98 valence electrons. The van der Waals surface area contributed by atoms with E-state index >= 15 is 0 Å². The summed E-state index contributed by atoms with van der Waals surface area (Å²) in [5, 5.41) is 8.92. The lowest BCUT2D eigenvalue weighted by Crippen LogP contribution is -2.22. The molecule has 0 aromatic heterocycles. The second-order valence-corrected chi connectivity index (χ2v) is 6.43. The Kier molecular flexibility index (Phi) is 5.27. The standard InChI is InChI=1S/C11H12Cl2N2O2S/c1-8(5-12)7-18(16,17)15-10-3-2-9(6-14)11(13)4-10/h2-4,8,15H,5,7H2,1H3. The van der Waals surface area contributed by atoms with Crippen LogP contribution in [0.25, 0.3) is 0 Å². The lowest BCUT2D eigenvalue weighted by Gasteiger charge is -2.11. The van der Waals surface area contributed by atoms with Gasteiger partial charge in [-0.2, -0.15) is 5.26 Å². The molecular formula is C11H12Cl2N2O2S. The number of hydrogen-bond donors (Lipinski definition) is 1.